The van der Waals surface area contributed by atoms with E-state index in [4.69, 9.17) is 11.2 Å². The Balaban J connectivity index is 2.84. The van der Waals surface area contributed by atoms with Crippen LogP contribution in [0.2, 0.25) is 0 Å². The van der Waals surface area contributed by atoms with E-state index in [-0.39, 0.29) is 6.61 Å². The largest absolute Gasteiger partial charge is 0.480 e. The molecule has 1 aromatic carbocycles. The third-order valence-electron chi connectivity index (χ3n) is 1.31. The molecule has 0 unspecified atom stereocenters. The zero-order valence-electron chi connectivity index (χ0n) is 6.51. The molecule has 1 nitrogen and oxygen atoms in total. The van der Waals surface area contributed by atoms with Gasteiger partial charge in [-0.15, -0.1) is 6.42 Å². The van der Waals surface area contributed by atoms with Crippen molar-refractivity contribution in [2.75, 3.05) is 6.61 Å². The van der Waals surface area contributed by atoms with E-state index in [1.807, 2.05) is 18.2 Å². The van der Waals surface area contributed by atoms with Gasteiger partial charge >= 0.3 is 0 Å². The molecule has 0 aliphatic carbocycles. The molecule has 0 heterocycles. The molecular weight excluding hydrogens is 216 g/mol. The Kier molecular flexibility index (Phi) is 3.19. The third-order valence-corrected chi connectivity index (χ3v) is 1.96. The van der Waals surface area contributed by atoms with E-state index < -0.39 is 0 Å². The number of halogens is 1. The molecule has 0 fully saturated rings. The van der Waals surface area contributed by atoms with Crippen LogP contribution in [0, 0.1) is 19.3 Å². The van der Waals surface area contributed by atoms with Gasteiger partial charge < -0.3 is 4.74 Å². The summed E-state index contributed by atoms with van der Waals surface area (Å²) in [5.74, 6) is 3.14. The Morgan fingerprint density at radius 3 is 3.00 bits per heavy atom. The highest BCUT2D eigenvalue weighted by Gasteiger charge is 1.99. The summed E-state index contributed by atoms with van der Waals surface area (Å²) in [6.45, 7) is 4.06. The summed E-state index contributed by atoms with van der Waals surface area (Å²) in [6, 6.07) is 5.61. The number of benzene rings is 1. The van der Waals surface area contributed by atoms with Crippen LogP contribution >= 0.6 is 15.9 Å². The van der Waals surface area contributed by atoms with Crippen molar-refractivity contribution in [2.24, 2.45) is 0 Å². The fraction of sp³-hybridized carbons (Fsp3) is 0.100. The van der Waals surface area contributed by atoms with E-state index in [0.717, 1.165) is 15.8 Å². The fourth-order valence-electron chi connectivity index (χ4n) is 0.778. The smallest absolute Gasteiger partial charge is 0.148 e. The molecule has 0 atom stereocenters. The van der Waals surface area contributed by atoms with Crippen LogP contribution in [-0.2, 0) is 0 Å². The van der Waals surface area contributed by atoms with Crippen molar-refractivity contribution in [3.63, 3.8) is 0 Å². The summed E-state index contributed by atoms with van der Waals surface area (Å²) in [6.07, 6.45) is 5.06. The van der Waals surface area contributed by atoms with Gasteiger partial charge in [-0.2, -0.15) is 0 Å². The Morgan fingerprint density at radius 1 is 1.58 bits per heavy atom. The molecule has 0 bridgehead atoms. The minimum absolute atomic E-state index is 0.280. The molecule has 0 aromatic heterocycles. The summed E-state index contributed by atoms with van der Waals surface area (Å²) < 4.78 is 6.14. The normalized spacial score (nSPS) is 9.08. The second-order valence-electron chi connectivity index (χ2n) is 2.26. The van der Waals surface area contributed by atoms with Gasteiger partial charge in [0.15, 0.2) is 0 Å². The van der Waals surface area contributed by atoms with Crippen LogP contribution in [0.1, 0.15) is 5.56 Å². The van der Waals surface area contributed by atoms with Crippen LogP contribution in [-0.4, -0.2) is 6.61 Å². The maximum Gasteiger partial charge on any atom is 0.148 e. The van der Waals surface area contributed by atoms with Gasteiger partial charge in [0.25, 0.3) is 0 Å². The predicted molar refractivity (Wildman–Crippen MR) is 52.9 cm³/mol. The molecule has 2 heteroatoms. The van der Waals surface area contributed by atoms with Crippen LogP contribution in [0.5, 0.6) is 5.75 Å². The van der Waals surface area contributed by atoms with Crippen molar-refractivity contribution in [3.8, 4) is 18.1 Å². The summed E-state index contributed by atoms with van der Waals surface area (Å²) >= 11 is 3.34. The zero-order valence-corrected chi connectivity index (χ0v) is 8.10. The van der Waals surface area contributed by atoms with Gasteiger partial charge in [-0.25, -0.2) is 0 Å². The first-order valence-corrected chi connectivity index (χ1v) is 4.21. The lowest BCUT2D eigenvalue weighted by Crippen LogP contribution is -1.94. The Hall–Kier alpha value is -0.940. The second kappa shape index (κ2) is 4.18. The standard InChI is InChI=1S/C10H8BrO/c1-3-6-12-10-7-8(2)4-5-9(10)11/h1,4-5,7H,2,6H2. The van der Waals surface area contributed by atoms with Crippen molar-refractivity contribution in [1.29, 1.82) is 0 Å². The van der Waals surface area contributed by atoms with Crippen LogP contribution in [0.25, 0.3) is 0 Å². The van der Waals surface area contributed by atoms with Crippen LogP contribution in [0.15, 0.2) is 22.7 Å². The van der Waals surface area contributed by atoms with Gasteiger partial charge in [-0.3, -0.25) is 0 Å². The topological polar surface area (TPSA) is 9.23 Å². The lowest BCUT2D eigenvalue weighted by molar-refractivity contribution is 0.368. The average molecular weight is 224 g/mol. The maximum absolute atomic E-state index is 5.24. The minimum Gasteiger partial charge on any atom is -0.480 e. The fourth-order valence-corrected chi connectivity index (χ4v) is 1.14. The molecule has 0 saturated carbocycles. The van der Waals surface area contributed by atoms with E-state index in [9.17, 15) is 0 Å². The summed E-state index contributed by atoms with van der Waals surface area (Å²) in [7, 11) is 0. The zero-order chi connectivity index (χ0) is 8.97. The molecule has 0 aliphatic rings. The molecular formula is C10H8BrO. The number of ether oxygens (including phenoxy) is 1. The van der Waals surface area contributed by atoms with E-state index in [2.05, 4.69) is 28.8 Å². The number of terminal acetylenes is 1. The number of hydrogen-bond donors (Lipinski definition) is 0. The molecule has 0 amide bonds. The molecule has 0 spiro atoms. The highest BCUT2D eigenvalue weighted by Crippen LogP contribution is 2.25. The van der Waals surface area contributed by atoms with Gasteiger partial charge in [-0.05, 0) is 40.5 Å². The molecule has 61 valence electrons. The Labute approximate surface area is 80.9 Å². The first-order valence-electron chi connectivity index (χ1n) is 3.42. The minimum atomic E-state index is 0.280. The Morgan fingerprint density at radius 2 is 2.33 bits per heavy atom. The van der Waals surface area contributed by atoms with Crippen molar-refractivity contribution < 1.29 is 4.74 Å². The lowest BCUT2D eigenvalue weighted by atomic mass is 10.2. The van der Waals surface area contributed by atoms with Gasteiger partial charge in [0.05, 0.1) is 4.47 Å². The summed E-state index contributed by atoms with van der Waals surface area (Å²) in [5.41, 5.74) is 0.908. The van der Waals surface area contributed by atoms with Gasteiger partial charge in [0, 0.05) is 0 Å². The van der Waals surface area contributed by atoms with Crippen molar-refractivity contribution in [1.82, 2.24) is 0 Å². The van der Waals surface area contributed by atoms with Crippen LogP contribution in [0.3, 0.4) is 0 Å². The first kappa shape index (κ1) is 9.15. The summed E-state index contributed by atoms with van der Waals surface area (Å²) in [4.78, 5) is 0. The third kappa shape index (κ3) is 2.28. The van der Waals surface area contributed by atoms with Crippen LogP contribution < -0.4 is 4.74 Å². The molecule has 0 N–H and O–H groups in total. The van der Waals surface area contributed by atoms with Crippen LogP contribution in [0.4, 0.5) is 0 Å². The van der Waals surface area contributed by atoms with E-state index in [1.165, 1.54) is 0 Å². The highest BCUT2D eigenvalue weighted by atomic mass is 79.9. The van der Waals surface area contributed by atoms with E-state index in [0.29, 0.717) is 0 Å². The Bertz CT molecular complexity index is 312. The molecule has 1 aromatic rings. The van der Waals surface area contributed by atoms with Gasteiger partial charge in [0.2, 0.25) is 0 Å². The molecule has 0 aliphatic heterocycles. The van der Waals surface area contributed by atoms with Crippen molar-refractivity contribution >= 4 is 15.9 Å². The van der Waals surface area contributed by atoms with Crippen molar-refractivity contribution in [2.45, 2.75) is 0 Å². The summed E-state index contributed by atoms with van der Waals surface area (Å²) in [5, 5.41) is 0. The van der Waals surface area contributed by atoms with E-state index in [1.54, 1.807) is 0 Å². The number of rotatable bonds is 2. The highest BCUT2D eigenvalue weighted by molar-refractivity contribution is 9.10. The van der Waals surface area contributed by atoms with Gasteiger partial charge in [0.1, 0.15) is 12.4 Å². The quantitative estimate of drug-likeness (QED) is 0.701. The maximum atomic E-state index is 5.24. The SMILES string of the molecule is C#CCOc1cc([CH2])ccc1Br. The average Bonchev–Trinajstić information content (AvgIpc) is 2.07. The number of hydrogen-bond acceptors (Lipinski definition) is 1. The molecule has 1 rings (SSSR count). The lowest BCUT2D eigenvalue weighted by Gasteiger charge is -2.05. The molecule has 1 radical (unpaired) electrons. The van der Waals surface area contributed by atoms with E-state index >= 15 is 0 Å². The first-order chi connectivity index (χ1) is 5.74. The monoisotopic (exact) mass is 223 g/mol. The predicted octanol–water partition coefficient (Wildman–Crippen LogP) is 2.64. The molecule has 12 heavy (non-hydrogen) atoms. The second-order valence-corrected chi connectivity index (χ2v) is 3.11. The van der Waals surface area contributed by atoms with Gasteiger partial charge in [-0.1, -0.05) is 12.0 Å². The molecule has 0 saturated heterocycles. The van der Waals surface area contributed by atoms with Crippen molar-refractivity contribution in [3.05, 3.63) is 35.2 Å².